The van der Waals surface area contributed by atoms with Gasteiger partial charge in [-0.1, -0.05) is 53.3 Å². The molecule has 0 fully saturated rings. The van der Waals surface area contributed by atoms with E-state index in [2.05, 4.69) is 9.71 Å². The van der Waals surface area contributed by atoms with Crippen LogP contribution in [0.5, 0.6) is 0 Å². The molecule has 1 atom stereocenters. The Labute approximate surface area is 121 Å². The molecule has 1 N–H and O–H groups in total. The predicted octanol–water partition coefficient (Wildman–Crippen LogP) is 2.71. The van der Waals surface area contributed by atoms with Crippen molar-refractivity contribution in [3.8, 4) is 0 Å². The standard InChI is InChI=1S/C12H13ClN2O2S2/c1-9(7-10-5-3-2-4-6-10)15-19(16,17)11-8-14-12(13)18-11/h2-6,8-9,15H,7H2,1H3. The molecule has 0 saturated carbocycles. The fourth-order valence-corrected chi connectivity index (χ4v) is 4.25. The van der Waals surface area contributed by atoms with Crippen molar-refractivity contribution in [1.29, 1.82) is 0 Å². The van der Waals surface area contributed by atoms with Gasteiger partial charge in [0, 0.05) is 6.04 Å². The highest BCUT2D eigenvalue weighted by Gasteiger charge is 2.20. The van der Waals surface area contributed by atoms with Gasteiger partial charge in [-0.25, -0.2) is 18.1 Å². The fraction of sp³-hybridized carbons (Fsp3) is 0.250. The number of nitrogens with one attached hydrogen (secondary N) is 1. The zero-order valence-corrected chi connectivity index (χ0v) is 12.6. The van der Waals surface area contributed by atoms with E-state index in [1.807, 2.05) is 37.3 Å². The molecule has 2 rings (SSSR count). The van der Waals surface area contributed by atoms with E-state index in [4.69, 9.17) is 11.6 Å². The first-order valence-corrected chi connectivity index (χ1v) is 8.33. The maximum atomic E-state index is 12.0. The highest BCUT2D eigenvalue weighted by molar-refractivity contribution is 7.91. The van der Waals surface area contributed by atoms with Crippen molar-refractivity contribution in [2.75, 3.05) is 0 Å². The smallest absolute Gasteiger partial charge is 0.232 e. The van der Waals surface area contributed by atoms with Crippen molar-refractivity contribution < 1.29 is 8.42 Å². The van der Waals surface area contributed by atoms with Crippen LogP contribution in [0.1, 0.15) is 12.5 Å². The van der Waals surface area contributed by atoms with Crippen molar-refractivity contribution in [2.45, 2.75) is 23.6 Å². The molecule has 0 saturated heterocycles. The highest BCUT2D eigenvalue weighted by atomic mass is 35.5. The lowest BCUT2D eigenvalue weighted by Crippen LogP contribution is -2.33. The van der Waals surface area contributed by atoms with Crippen LogP contribution in [0.25, 0.3) is 0 Å². The molecule has 102 valence electrons. The lowest BCUT2D eigenvalue weighted by Gasteiger charge is -2.13. The van der Waals surface area contributed by atoms with Gasteiger partial charge in [0.25, 0.3) is 10.0 Å². The van der Waals surface area contributed by atoms with Crippen LogP contribution in [0.4, 0.5) is 0 Å². The molecule has 0 aliphatic carbocycles. The van der Waals surface area contributed by atoms with E-state index >= 15 is 0 Å². The second-order valence-electron chi connectivity index (χ2n) is 4.14. The van der Waals surface area contributed by atoms with Gasteiger partial charge in [0.1, 0.15) is 0 Å². The first-order valence-electron chi connectivity index (χ1n) is 5.65. The van der Waals surface area contributed by atoms with Crippen LogP contribution >= 0.6 is 22.9 Å². The lowest BCUT2D eigenvalue weighted by atomic mass is 10.1. The molecule has 1 heterocycles. The fourth-order valence-electron chi connectivity index (χ4n) is 1.70. The van der Waals surface area contributed by atoms with E-state index in [1.54, 1.807) is 0 Å². The maximum Gasteiger partial charge on any atom is 0.251 e. The molecule has 1 unspecified atom stereocenters. The first-order chi connectivity index (χ1) is 8.97. The molecular weight excluding hydrogens is 304 g/mol. The third-order valence-corrected chi connectivity index (χ3v) is 5.63. The monoisotopic (exact) mass is 316 g/mol. The van der Waals surface area contributed by atoms with Crippen LogP contribution in [-0.2, 0) is 16.4 Å². The summed E-state index contributed by atoms with van der Waals surface area (Å²) in [4.78, 5) is 3.74. The SMILES string of the molecule is CC(Cc1ccccc1)NS(=O)(=O)c1cnc(Cl)s1. The van der Waals surface area contributed by atoms with Gasteiger partial charge < -0.3 is 0 Å². The van der Waals surface area contributed by atoms with E-state index in [-0.39, 0.29) is 14.7 Å². The van der Waals surface area contributed by atoms with Crippen LogP contribution in [-0.4, -0.2) is 19.4 Å². The van der Waals surface area contributed by atoms with Crippen LogP contribution in [0.2, 0.25) is 4.47 Å². The minimum Gasteiger partial charge on any atom is -0.232 e. The molecule has 7 heteroatoms. The molecular formula is C12H13ClN2O2S2. The van der Waals surface area contributed by atoms with Crippen molar-refractivity contribution in [3.05, 3.63) is 46.6 Å². The zero-order chi connectivity index (χ0) is 13.9. The molecule has 1 aromatic heterocycles. The van der Waals surface area contributed by atoms with E-state index < -0.39 is 10.0 Å². The van der Waals surface area contributed by atoms with Crippen LogP contribution in [0.3, 0.4) is 0 Å². The van der Waals surface area contributed by atoms with Crippen molar-refractivity contribution in [3.63, 3.8) is 0 Å². The van der Waals surface area contributed by atoms with Crippen LogP contribution in [0.15, 0.2) is 40.7 Å². The van der Waals surface area contributed by atoms with Gasteiger partial charge >= 0.3 is 0 Å². The van der Waals surface area contributed by atoms with E-state index in [9.17, 15) is 8.42 Å². The minimum absolute atomic E-state index is 0.136. The van der Waals surface area contributed by atoms with Crippen molar-refractivity contribution in [2.24, 2.45) is 0 Å². The first kappa shape index (κ1) is 14.5. The highest BCUT2D eigenvalue weighted by Crippen LogP contribution is 2.22. The Morgan fingerprint density at radius 2 is 2.05 bits per heavy atom. The summed E-state index contributed by atoms with van der Waals surface area (Å²) in [6, 6.07) is 9.52. The Balaban J connectivity index is 2.04. The Kier molecular flexibility index (Phi) is 4.57. The lowest BCUT2D eigenvalue weighted by molar-refractivity contribution is 0.561. The zero-order valence-electron chi connectivity index (χ0n) is 10.2. The Bertz CT molecular complexity index is 641. The molecule has 0 aliphatic heterocycles. The Morgan fingerprint density at radius 3 is 2.63 bits per heavy atom. The third kappa shape index (κ3) is 4.01. The van der Waals surface area contributed by atoms with Crippen molar-refractivity contribution in [1.82, 2.24) is 9.71 Å². The van der Waals surface area contributed by atoms with Crippen molar-refractivity contribution >= 4 is 33.0 Å². The molecule has 0 radical (unpaired) electrons. The summed E-state index contributed by atoms with van der Waals surface area (Å²) in [6.07, 6.45) is 1.90. The minimum atomic E-state index is -3.54. The summed E-state index contributed by atoms with van der Waals surface area (Å²) < 4.78 is 27.1. The number of aromatic nitrogens is 1. The number of benzene rings is 1. The van der Waals surface area contributed by atoms with Gasteiger partial charge in [0.2, 0.25) is 0 Å². The molecule has 2 aromatic rings. The molecule has 0 amide bonds. The predicted molar refractivity (Wildman–Crippen MR) is 77.1 cm³/mol. The number of nitrogens with zero attached hydrogens (tertiary/aromatic N) is 1. The number of hydrogen-bond donors (Lipinski definition) is 1. The number of halogens is 1. The quantitative estimate of drug-likeness (QED) is 0.922. The van der Waals surface area contributed by atoms with E-state index in [1.165, 1.54) is 6.20 Å². The Morgan fingerprint density at radius 1 is 1.37 bits per heavy atom. The van der Waals surface area contributed by atoms with Gasteiger partial charge in [-0.05, 0) is 18.9 Å². The maximum absolute atomic E-state index is 12.0. The molecule has 19 heavy (non-hydrogen) atoms. The van der Waals surface area contributed by atoms with E-state index in [0.717, 1.165) is 16.9 Å². The van der Waals surface area contributed by atoms with Gasteiger partial charge in [-0.15, -0.1) is 0 Å². The summed E-state index contributed by atoms with van der Waals surface area (Å²) in [5, 5.41) is 0. The summed E-state index contributed by atoms with van der Waals surface area (Å²) >= 11 is 6.59. The molecule has 1 aromatic carbocycles. The van der Waals surface area contributed by atoms with Gasteiger partial charge in [0.05, 0.1) is 6.20 Å². The van der Waals surface area contributed by atoms with Crippen LogP contribution in [0, 0.1) is 0 Å². The van der Waals surface area contributed by atoms with Crippen LogP contribution < -0.4 is 4.72 Å². The second-order valence-corrected chi connectivity index (χ2v) is 7.70. The summed E-state index contributed by atoms with van der Waals surface area (Å²) in [7, 11) is -3.54. The number of thiazole rings is 1. The van der Waals surface area contributed by atoms with Gasteiger partial charge in [0.15, 0.2) is 8.68 Å². The average Bonchev–Trinajstić information content (AvgIpc) is 2.77. The molecule has 4 nitrogen and oxygen atoms in total. The molecule has 0 spiro atoms. The normalized spacial score (nSPS) is 13.4. The summed E-state index contributed by atoms with van der Waals surface area (Å²) in [6.45, 7) is 1.83. The molecule has 0 aliphatic rings. The summed E-state index contributed by atoms with van der Waals surface area (Å²) in [5.41, 5.74) is 1.08. The third-order valence-electron chi connectivity index (χ3n) is 2.46. The van der Waals surface area contributed by atoms with Gasteiger partial charge in [-0.3, -0.25) is 0 Å². The topological polar surface area (TPSA) is 59.1 Å². The number of sulfonamides is 1. The molecule has 0 bridgehead atoms. The number of rotatable bonds is 5. The number of hydrogen-bond acceptors (Lipinski definition) is 4. The average molecular weight is 317 g/mol. The summed E-state index contributed by atoms with van der Waals surface area (Å²) in [5.74, 6) is 0. The van der Waals surface area contributed by atoms with Gasteiger partial charge in [-0.2, -0.15) is 0 Å². The second kappa shape index (κ2) is 6.00. The van der Waals surface area contributed by atoms with E-state index in [0.29, 0.717) is 6.42 Å². The Hall–Kier alpha value is -0.950. The largest absolute Gasteiger partial charge is 0.251 e.